The van der Waals surface area contributed by atoms with Crippen LogP contribution in [-0.2, 0) is 6.54 Å². The number of nitrogens with one attached hydrogen (secondary N) is 2. The summed E-state index contributed by atoms with van der Waals surface area (Å²) < 4.78 is 0. The zero-order valence-electron chi connectivity index (χ0n) is 11.1. The summed E-state index contributed by atoms with van der Waals surface area (Å²) in [5.41, 5.74) is 8.42. The molecule has 0 atom stereocenters. The van der Waals surface area contributed by atoms with Crippen molar-refractivity contribution in [1.29, 1.82) is 0 Å². The highest BCUT2D eigenvalue weighted by Crippen LogP contribution is 2.19. The Morgan fingerprint density at radius 1 is 1.24 bits per heavy atom. The van der Waals surface area contributed by atoms with Crippen molar-refractivity contribution in [1.82, 2.24) is 15.5 Å². The van der Waals surface area contributed by atoms with Crippen LogP contribution in [0, 0.1) is 0 Å². The molecule has 1 amide bonds. The van der Waals surface area contributed by atoms with Gasteiger partial charge in [0.05, 0.1) is 5.52 Å². The molecule has 2 aromatic carbocycles. The topological polar surface area (TPSA) is 83.8 Å². The van der Waals surface area contributed by atoms with Crippen LogP contribution < -0.4 is 11.1 Å². The normalized spacial score (nSPS) is 10.7. The van der Waals surface area contributed by atoms with Crippen LogP contribution in [-0.4, -0.2) is 16.1 Å². The molecule has 0 unspecified atom stereocenters. The predicted molar refractivity (Wildman–Crippen MR) is 83.1 cm³/mol. The van der Waals surface area contributed by atoms with Crippen LogP contribution in [0.15, 0.2) is 42.5 Å². The Balaban J connectivity index is 1.78. The van der Waals surface area contributed by atoms with E-state index in [1.54, 1.807) is 30.3 Å². The largest absolute Gasteiger partial charge is 0.399 e. The molecule has 3 rings (SSSR count). The van der Waals surface area contributed by atoms with Crippen LogP contribution in [0.1, 0.15) is 16.1 Å². The predicted octanol–water partition coefficient (Wildman–Crippen LogP) is 2.73. The molecular weight excluding hydrogens is 288 g/mol. The molecule has 6 heteroatoms. The molecular formula is C15H13ClN4O. The second-order valence-electron chi connectivity index (χ2n) is 4.69. The van der Waals surface area contributed by atoms with E-state index in [9.17, 15) is 4.79 Å². The van der Waals surface area contributed by atoms with Crippen molar-refractivity contribution in [2.24, 2.45) is 0 Å². The fraction of sp³-hybridized carbons (Fsp3) is 0.0667. The number of amides is 1. The molecule has 4 N–H and O–H groups in total. The Bertz CT molecular complexity index is 795. The van der Waals surface area contributed by atoms with Gasteiger partial charge in [-0.25, -0.2) is 0 Å². The Kier molecular flexibility index (Phi) is 3.50. The number of rotatable bonds is 3. The zero-order valence-corrected chi connectivity index (χ0v) is 11.8. The number of anilines is 1. The number of fused-ring (bicyclic) bond motifs is 1. The highest BCUT2D eigenvalue weighted by atomic mass is 35.5. The van der Waals surface area contributed by atoms with E-state index in [0.717, 1.165) is 11.1 Å². The molecule has 0 saturated heterocycles. The number of H-pyrrole nitrogens is 1. The molecule has 3 aromatic rings. The molecule has 1 aromatic heterocycles. The molecule has 0 bridgehead atoms. The number of carbonyl (C=O) groups excluding carboxylic acids is 1. The van der Waals surface area contributed by atoms with Crippen LogP contribution in [0.3, 0.4) is 0 Å². The lowest BCUT2D eigenvalue weighted by Crippen LogP contribution is -2.23. The van der Waals surface area contributed by atoms with Crippen molar-refractivity contribution < 1.29 is 4.79 Å². The van der Waals surface area contributed by atoms with Gasteiger partial charge < -0.3 is 11.1 Å². The first-order chi connectivity index (χ1) is 10.1. The zero-order chi connectivity index (χ0) is 14.8. The number of halogens is 1. The minimum atomic E-state index is -0.248. The van der Waals surface area contributed by atoms with Gasteiger partial charge in [0.25, 0.3) is 5.91 Å². The third-order valence-corrected chi connectivity index (χ3v) is 3.42. The van der Waals surface area contributed by atoms with Crippen molar-refractivity contribution >= 4 is 34.1 Å². The molecule has 0 aliphatic heterocycles. The van der Waals surface area contributed by atoms with Gasteiger partial charge in [-0.1, -0.05) is 23.7 Å². The first-order valence-corrected chi connectivity index (χ1v) is 6.77. The third kappa shape index (κ3) is 2.83. The van der Waals surface area contributed by atoms with E-state index >= 15 is 0 Å². The average molecular weight is 301 g/mol. The Hall–Kier alpha value is -2.53. The number of nitrogen functional groups attached to an aromatic ring is 1. The van der Waals surface area contributed by atoms with Crippen molar-refractivity contribution in [3.63, 3.8) is 0 Å². The Morgan fingerprint density at radius 2 is 2.00 bits per heavy atom. The molecule has 1 heterocycles. The van der Waals surface area contributed by atoms with Crippen molar-refractivity contribution in [3.8, 4) is 0 Å². The van der Waals surface area contributed by atoms with Gasteiger partial charge in [-0.3, -0.25) is 9.89 Å². The van der Waals surface area contributed by atoms with E-state index in [1.165, 1.54) is 0 Å². The van der Waals surface area contributed by atoms with Crippen molar-refractivity contribution in [2.45, 2.75) is 6.54 Å². The van der Waals surface area contributed by atoms with Crippen LogP contribution >= 0.6 is 11.6 Å². The van der Waals surface area contributed by atoms with Gasteiger partial charge in [0.15, 0.2) is 5.69 Å². The number of carbonyl (C=O) groups is 1. The van der Waals surface area contributed by atoms with E-state index in [2.05, 4.69) is 15.5 Å². The number of aromatic amines is 1. The Labute approximate surface area is 126 Å². The molecule has 0 radical (unpaired) electrons. The molecule has 106 valence electrons. The minimum Gasteiger partial charge on any atom is -0.399 e. The second kappa shape index (κ2) is 5.46. The molecule has 0 aliphatic carbocycles. The molecule has 21 heavy (non-hydrogen) atoms. The van der Waals surface area contributed by atoms with Crippen molar-refractivity contribution in [2.75, 3.05) is 5.73 Å². The van der Waals surface area contributed by atoms with Crippen molar-refractivity contribution in [3.05, 3.63) is 58.7 Å². The first kappa shape index (κ1) is 13.5. The van der Waals surface area contributed by atoms with Gasteiger partial charge in [0.2, 0.25) is 0 Å². The molecule has 0 spiro atoms. The first-order valence-electron chi connectivity index (χ1n) is 6.40. The van der Waals surface area contributed by atoms with Gasteiger partial charge in [0, 0.05) is 22.6 Å². The summed E-state index contributed by atoms with van der Waals surface area (Å²) in [6.45, 7) is 0.409. The summed E-state index contributed by atoms with van der Waals surface area (Å²) in [4.78, 5) is 12.2. The summed E-state index contributed by atoms with van der Waals surface area (Å²) in [7, 11) is 0. The highest BCUT2D eigenvalue weighted by molar-refractivity contribution is 6.30. The van der Waals surface area contributed by atoms with E-state index in [1.807, 2.05) is 12.1 Å². The summed E-state index contributed by atoms with van der Waals surface area (Å²) in [6.07, 6.45) is 0. The minimum absolute atomic E-state index is 0.248. The highest BCUT2D eigenvalue weighted by Gasteiger charge is 2.13. The molecule has 0 saturated carbocycles. The standard InChI is InChI=1S/C15H13ClN4O/c16-10-3-1-9(2-4-10)8-18-15(21)14-12-7-11(17)5-6-13(12)19-20-14/h1-7H,8,17H2,(H,18,21)(H,19,20). The maximum Gasteiger partial charge on any atom is 0.272 e. The quantitative estimate of drug-likeness (QED) is 0.650. The smallest absolute Gasteiger partial charge is 0.272 e. The number of nitrogens with zero attached hydrogens (tertiary/aromatic N) is 1. The lowest BCUT2D eigenvalue weighted by molar-refractivity contribution is 0.0947. The van der Waals surface area contributed by atoms with E-state index < -0.39 is 0 Å². The summed E-state index contributed by atoms with van der Waals surface area (Å²) in [5, 5.41) is 11.1. The average Bonchev–Trinajstić information content (AvgIpc) is 2.89. The van der Waals surface area contributed by atoms with Gasteiger partial charge in [-0.05, 0) is 35.9 Å². The van der Waals surface area contributed by atoms with Crippen LogP contribution in [0.4, 0.5) is 5.69 Å². The fourth-order valence-corrected chi connectivity index (χ4v) is 2.20. The number of hydrogen-bond donors (Lipinski definition) is 3. The fourth-order valence-electron chi connectivity index (χ4n) is 2.07. The number of benzene rings is 2. The van der Waals surface area contributed by atoms with E-state index in [0.29, 0.717) is 28.3 Å². The van der Waals surface area contributed by atoms with Crippen LogP contribution in [0.5, 0.6) is 0 Å². The van der Waals surface area contributed by atoms with Gasteiger partial charge in [0.1, 0.15) is 0 Å². The van der Waals surface area contributed by atoms with Gasteiger partial charge >= 0.3 is 0 Å². The summed E-state index contributed by atoms with van der Waals surface area (Å²) >= 11 is 5.82. The molecule has 0 aliphatic rings. The maximum absolute atomic E-state index is 12.2. The van der Waals surface area contributed by atoms with Crippen LogP contribution in [0.25, 0.3) is 10.9 Å². The molecule has 5 nitrogen and oxygen atoms in total. The lowest BCUT2D eigenvalue weighted by atomic mass is 10.1. The van der Waals surface area contributed by atoms with E-state index in [4.69, 9.17) is 17.3 Å². The van der Waals surface area contributed by atoms with Crippen LogP contribution in [0.2, 0.25) is 5.02 Å². The van der Waals surface area contributed by atoms with Gasteiger partial charge in [-0.15, -0.1) is 0 Å². The molecule has 0 fully saturated rings. The van der Waals surface area contributed by atoms with Gasteiger partial charge in [-0.2, -0.15) is 5.10 Å². The number of hydrogen-bond acceptors (Lipinski definition) is 3. The lowest BCUT2D eigenvalue weighted by Gasteiger charge is -2.04. The SMILES string of the molecule is Nc1ccc2[nH]nc(C(=O)NCc3ccc(Cl)cc3)c2c1. The number of aromatic nitrogens is 2. The summed E-state index contributed by atoms with van der Waals surface area (Å²) in [5.74, 6) is -0.248. The second-order valence-corrected chi connectivity index (χ2v) is 5.12. The number of nitrogens with two attached hydrogens (primary N) is 1. The van der Waals surface area contributed by atoms with E-state index in [-0.39, 0.29) is 5.91 Å². The monoisotopic (exact) mass is 300 g/mol. The third-order valence-electron chi connectivity index (χ3n) is 3.17. The Morgan fingerprint density at radius 3 is 2.76 bits per heavy atom. The maximum atomic E-state index is 12.2. The summed E-state index contributed by atoms with van der Waals surface area (Å²) in [6, 6.07) is 12.6.